The van der Waals surface area contributed by atoms with E-state index in [9.17, 15) is 48.8 Å². The number of ether oxygens (including phenoxy) is 3. The lowest BCUT2D eigenvalue weighted by Crippen LogP contribution is -2.35. The van der Waals surface area contributed by atoms with E-state index in [1.807, 2.05) is 46.7 Å². The molecule has 4 N–H and O–H groups in total. The average molecular weight is 956 g/mol. The third-order valence-electron chi connectivity index (χ3n) is 11.0. The Bertz CT molecular complexity index is 2510. The van der Waals surface area contributed by atoms with Crippen molar-refractivity contribution in [1.29, 1.82) is 0 Å². The highest BCUT2D eigenvalue weighted by Gasteiger charge is 2.43. The van der Waals surface area contributed by atoms with Crippen molar-refractivity contribution in [3.05, 3.63) is 82.6 Å². The predicted molar refractivity (Wildman–Crippen MR) is 243 cm³/mol. The maximum absolute atomic E-state index is 12.3. The van der Waals surface area contributed by atoms with Crippen molar-refractivity contribution in [3.63, 3.8) is 0 Å². The summed E-state index contributed by atoms with van der Waals surface area (Å²) in [5.74, 6) is -0.813. The molecule has 0 amide bonds. The minimum Gasteiger partial charge on any atom is -0.481 e. The van der Waals surface area contributed by atoms with Crippen LogP contribution in [-0.4, -0.2) is 121 Å². The number of unbranched alkanes of at least 4 members (excludes halogenated alkanes) is 2. The van der Waals surface area contributed by atoms with Crippen LogP contribution in [0, 0.1) is 0 Å². The highest BCUT2D eigenvalue weighted by atomic mass is 32.2. The standard InChI is InChI=1S/C44H62N2O15S3/c1-43(2,3)37-31-34(61-40-30-33(15-17-36(37)40)45(20-11-29-63(52,53)54)22-23-59-26-27-60-25-24-58-5)12-9-13-41-44(4,19-10-28-62(49,50)51)38-32-35(64(55,56)57)16-18-39(38)46(41)21-8-6-7-14-42(47)48/h9,12-13,15-18,30-32H,6-8,10-11,14,19-29H2,1-5H3,(H3-,47,48,49,50,51,52,53,54,55,56,57)/p+1. The van der Waals surface area contributed by atoms with Crippen LogP contribution in [0.3, 0.4) is 0 Å². The van der Waals surface area contributed by atoms with Gasteiger partial charge in [0.15, 0.2) is 6.54 Å². The van der Waals surface area contributed by atoms with Crippen molar-refractivity contribution in [3.8, 4) is 11.3 Å². The number of aliphatic carboxylic acids is 1. The normalized spacial score (nSPS) is 17.2. The number of rotatable bonds is 26. The monoisotopic (exact) mass is 955 g/mol. The van der Waals surface area contributed by atoms with E-state index in [-0.39, 0.29) is 36.0 Å². The number of anilines is 1. The van der Waals surface area contributed by atoms with Crippen LogP contribution in [0.15, 0.2) is 69.6 Å². The number of hydrogen-bond acceptors (Lipinski definition) is 12. The molecule has 0 radical (unpaired) electrons. The van der Waals surface area contributed by atoms with Crippen molar-refractivity contribution in [2.24, 2.45) is 0 Å². The van der Waals surface area contributed by atoms with Crippen molar-refractivity contribution in [1.82, 2.24) is 4.58 Å². The van der Waals surface area contributed by atoms with Gasteiger partial charge >= 0.3 is 5.97 Å². The molecule has 3 aliphatic rings. The summed E-state index contributed by atoms with van der Waals surface area (Å²) in [4.78, 5) is 12.8. The third-order valence-corrected chi connectivity index (χ3v) is 13.4. The first-order chi connectivity index (χ1) is 29.9. The third kappa shape index (κ3) is 15.9. The Hall–Kier alpha value is -3.99. The van der Waals surface area contributed by atoms with Crippen molar-refractivity contribution >= 4 is 48.1 Å². The van der Waals surface area contributed by atoms with Crippen LogP contribution in [-0.2, 0) is 60.2 Å². The number of carboxylic acid groups (broad SMARTS) is 1. The number of carbonyl (C=O) groups is 1. The summed E-state index contributed by atoms with van der Waals surface area (Å²) < 4.78 is 125. The summed E-state index contributed by atoms with van der Waals surface area (Å²) in [5, 5.41) is 9.91. The molecule has 0 fully saturated rings. The number of benzene rings is 2. The fourth-order valence-electron chi connectivity index (χ4n) is 7.80. The average Bonchev–Trinajstić information content (AvgIpc) is 3.41. The van der Waals surface area contributed by atoms with E-state index in [1.165, 1.54) is 12.1 Å². The van der Waals surface area contributed by atoms with Gasteiger partial charge in [-0.25, -0.2) is 4.58 Å². The molecule has 1 unspecified atom stereocenters. The molecule has 0 saturated heterocycles. The Morgan fingerprint density at radius 2 is 1.50 bits per heavy atom. The molecule has 20 heteroatoms. The van der Waals surface area contributed by atoms with Gasteiger partial charge in [0.25, 0.3) is 30.4 Å². The molecule has 2 heterocycles. The summed E-state index contributed by atoms with van der Waals surface area (Å²) >= 11 is 0. The molecular weight excluding hydrogens is 893 g/mol. The van der Waals surface area contributed by atoms with Crippen LogP contribution in [0.5, 0.6) is 0 Å². The van der Waals surface area contributed by atoms with Gasteiger partial charge in [0, 0.05) is 54.9 Å². The molecule has 64 heavy (non-hydrogen) atoms. The maximum Gasteiger partial charge on any atom is 0.303 e. The van der Waals surface area contributed by atoms with Gasteiger partial charge < -0.3 is 28.6 Å². The van der Waals surface area contributed by atoms with Gasteiger partial charge in [-0.15, -0.1) is 0 Å². The van der Waals surface area contributed by atoms with Gasteiger partial charge in [-0.05, 0) is 91.6 Å². The zero-order valence-corrected chi connectivity index (χ0v) is 39.6. The molecule has 1 aromatic carbocycles. The minimum atomic E-state index is -4.61. The highest BCUT2D eigenvalue weighted by molar-refractivity contribution is 7.86. The van der Waals surface area contributed by atoms with Gasteiger partial charge in [0.2, 0.25) is 5.36 Å². The van der Waals surface area contributed by atoms with Gasteiger partial charge in [0.05, 0.1) is 48.9 Å². The number of fused-ring (bicyclic) bond motifs is 2. The van der Waals surface area contributed by atoms with E-state index in [0.717, 1.165) is 16.5 Å². The van der Waals surface area contributed by atoms with Gasteiger partial charge in [-0.1, -0.05) is 33.3 Å². The summed E-state index contributed by atoms with van der Waals surface area (Å²) in [6.45, 7) is 11.1. The molecular formula is C44H63N2O15S3+. The summed E-state index contributed by atoms with van der Waals surface area (Å²) in [5.41, 5.74) is 2.34. The lowest BCUT2D eigenvalue weighted by Gasteiger charge is -2.30. The molecule has 356 valence electrons. The summed E-state index contributed by atoms with van der Waals surface area (Å²) in [7, 11) is -11.5. The van der Waals surface area contributed by atoms with Crippen LogP contribution in [0.2, 0.25) is 0 Å². The Labute approximate surface area is 377 Å². The van der Waals surface area contributed by atoms with Crippen LogP contribution in [0.1, 0.15) is 89.5 Å². The van der Waals surface area contributed by atoms with Gasteiger partial charge in [-0.3, -0.25) is 18.5 Å². The molecule has 0 bridgehead atoms. The van der Waals surface area contributed by atoms with E-state index in [2.05, 4.69) is 20.8 Å². The second kappa shape index (κ2) is 23.0. The first-order valence-corrected chi connectivity index (χ1v) is 25.8. The smallest absolute Gasteiger partial charge is 0.303 e. The molecule has 1 aliphatic carbocycles. The SMILES string of the molecule is COCCOCCOCC[N+](CCCS(=O)(=O)O)=c1ccc2c(C(C)(C)C)cc(/C=C/C=C3/N(CCCCCC(=O)O)c4ccc(S(=O)(=O)O)cc4C3(C)CCCS(=O)(=O)O)oc-2c1. The first kappa shape index (κ1) is 52.6. The molecule has 0 aromatic heterocycles. The first-order valence-electron chi connectivity index (χ1n) is 21.1. The number of allylic oxidation sites excluding steroid dienone is 3. The van der Waals surface area contributed by atoms with E-state index < -0.39 is 53.2 Å². The van der Waals surface area contributed by atoms with Crippen molar-refractivity contribution in [2.45, 2.75) is 88.4 Å². The minimum absolute atomic E-state index is 0.00669. The number of nitrogens with zero attached hydrogens (tertiary/aromatic N) is 2. The number of hydrogen-bond donors (Lipinski definition) is 4. The van der Waals surface area contributed by atoms with Crippen molar-refractivity contribution < 1.29 is 67.4 Å². The van der Waals surface area contributed by atoms with Crippen LogP contribution < -0.4 is 14.8 Å². The largest absolute Gasteiger partial charge is 0.481 e. The molecule has 1 atom stereocenters. The molecule has 1 aromatic rings. The van der Waals surface area contributed by atoms with Crippen LogP contribution >= 0.6 is 0 Å². The van der Waals surface area contributed by atoms with Gasteiger partial charge in [0.1, 0.15) is 24.7 Å². The molecule has 2 aliphatic heterocycles. The number of methoxy groups -OCH3 is 1. The van der Waals surface area contributed by atoms with Crippen molar-refractivity contribution in [2.75, 3.05) is 76.2 Å². The fourth-order valence-corrected chi connectivity index (χ4v) is 9.31. The van der Waals surface area contributed by atoms with Gasteiger partial charge in [-0.2, -0.15) is 25.3 Å². The van der Waals surface area contributed by atoms with Crippen LogP contribution in [0.4, 0.5) is 5.69 Å². The second-order valence-electron chi connectivity index (χ2n) is 17.0. The Balaban J connectivity index is 1.81. The number of carboxylic acids is 1. The second-order valence-corrected chi connectivity index (χ2v) is 21.5. The highest BCUT2D eigenvalue weighted by Crippen LogP contribution is 2.51. The quantitative estimate of drug-likeness (QED) is 0.0432. The van der Waals surface area contributed by atoms with Crippen LogP contribution in [0.25, 0.3) is 17.4 Å². The van der Waals surface area contributed by atoms with E-state index in [1.54, 1.807) is 25.3 Å². The topological polar surface area (TPSA) is 247 Å². The Kier molecular flexibility index (Phi) is 18.9. The molecule has 4 rings (SSSR count). The summed E-state index contributed by atoms with van der Waals surface area (Å²) in [6.07, 6.45) is 7.38. The Morgan fingerprint density at radius 1 is 0.828 bits per heavy atom. The molecule has 17 nitrogen and oxygen atoms in total. The van der Waals surface area contributed by atoms with E-state index >= 15 is 0 Å². The Morgan fingerprint density at radius 3 is 2.14 bits per heavy atom. The van der Waals surface area contributed by atoms with E-state index in [0.29, 0.717) is 100 Å². The lowest BCUT2D eigenvalue weighted by atomic mass is 9.77. The summed E-state index contributed by atoms with van der Waals surface area (Å²) in [6, 6.07) is 12.0. The fraction of sp³-hybridized carbons (Fsp3) is 0.545. The molecule has 0 spiro atoms. The van der Waals surface area contributed by atoms with E-state index in [4.69, 9.17) is 18.6 Å². The zero-order chi connectivity index (χ0) is 47.3. The molecule has 0 saturated carbocycles. The predicted octanol–water partition coefficient (Wildman–Crippen LogP) is 5.65. The maximum atomic E-state index is 12.3. The zero-order valence-electron chi connectivity index (χ0n) is 37.2. The lowest BCUT2D eigenvalue weighted by molar-refractivity contribution is -0.137.